The number of hydrogen-bond acceptors (Lipinski definition) is 3. The third-order valence-electron chi connectivity index (χ3n) is 3.62. The molecule has 112 valence electrons. The Hall–Kier alpha value is -0.620. The van der Waals surface area contributed by atoms with Gasteiger partial charge in [0.25, 0.3) is 0 Å². The minimum absolute atomic E-state index is 0.140. The zero-order valence-corrected chi connectivity index (χ0v) is 13.4. The lowest BCUT2D eigenvalue weighted by atomic mass is 10.1. The smallest absolute Gasteiger partial charge is 0.243 e. The van der Waals surface area contributed by atoms with Crippen molar-refractivity contribution in [2.45, 2.75) is 37.1 Å². The van der Waals surface area contributed by atoms with E-state index in [9.17, 15) is 8.42 Å². The summed E-state index contributed by atoms with van der Waals surface area (Å²) >= 11 is 5.92. The van der Waals surface area contributed by atoms with Crippen LogP contribution in [-0.4, -0.2) is 38.5 Å². The molecule has 1 saturated heterocycles. The highest BCUT2D eigenvalue weighted by Gasteiger charge is 2.31. The predicted octanol–water partition coefficient (Wildman–Crippen LogP) is 2.40. The van der Waals surface area contributed by atoms with Crippen LogP contribution in [0.25, 0.3) is 0 Å². The first kappa shape index (κ1) is 15.8. The third-order valence-corrected chi connectivity index (χ3v) is 5.91. The molecule has 0 saturated carbocycles. The van der Waals surface area contributed by atoms with Gasteiger partial charge >= 0.3 is 0 Å². The van der Waals surface area contributed by atoms with Crippen LogP contribution in [0.3, 0.4) is 0 Å². The normalized spacial score (nSPS) is 21.1. The molecule has 0 bridgehead atoms. The summed E-state index contributed by atoms with van der Waals surface area (Å²) in [5.41, 5.74) is 1.98. The highest BCUT2D eigenvalue weighted by Crippen LogP contribution is 2.24. The Morgan fingerprint density at radius 3 is 2.75 bits per heavy atom. The number of nitrogens with zero attached hydrogens (tertiary/aromatic N) is 1. The summed E-state index contributed by atoms with van der Waals surface area (Å²) in [7, 11) is -3.47. The molecule has 1 fully saturated rings. The zero-order valence-electron chi connectivity index (χ0n) is 11.8. The Morgan fingerprint density at radius 1 is 1.40 bits per heavy atom. The van der Waals surface area contributed by atoms with Gasteiger partial charge in [0.2, 0.25) is 10.0 Å². The van der Waals surface area contributed by atoms with Gasteiger partial charge in [0, 0.05) is 18.5 Å². The van der Waals surface area contributed by atoms with E-state index in [2.05, 4.69) is 0 Å². The van der Waals surface area contributed by atoms with E-state index in [0.717, 1.165) is 17.5 Å². The number of aryl methyl sites for hydroxylation is 1. The highest BCUT2D eigenvalue weighted by atomic mass is 35.5. The molecule has 2 rings (SSSR count). The average Bonchev–Trinajstić information content (AvgIpc) is 2.46. The van der Waals surface area contributed by atoms with Gasteiger partial charge in [-0.2, -0.15) is 4.31 Å². The molecule has 1 atom stereocenters. The summed E-state index contributed by atoms with van der Waals surface area (Å²) in [6, 6.07) is 5.09. The van der Waals surface area contributed by atoms with Gasteiger partial charge in [-0.15, -0.1) is 11.6 Å². The van der Waals surface area contributed by atoms with Crippen molar-refractivity contribution in [1.29, 1.82) is 0 Å². The van der Waals surface area contributed by atoms with Crippen LogP contribution >= 0.6 is 11.6 Å². The molecule has 1 heterocycles. The van der Waals surface area contributed by atoms with Crippen LogP contribution in [0.4, 0.5) is 0 Å². The summed E-state index contributed by atoms with van der Waals surface area (Å²) < 4.78 is 32.2. The molecule has 0 N–H and O–H groups in total. The maximum atomic E-state index is 12.7. The number of alkyl halides is 1. The first-order valence-electron chi connectivity index (χ1n) is 6.78. The summed E-state index contributed by atoms with van der Waals surface area (Å²) in [6.07, 6.45) is 0.844. The molecule has 0 radical (unpaired) electrons. The zero-order chi connectivity index (χ0) is 14.8. The second kappa shape index (κ2) is 6.43. The van der Waals surface area contributed by atoms with Gasteiger partial charge in [-0.05, 0) is 36.6 Å². The van der Waals surface area contributed by atoms with E-state index in [4.69, 9.17) is 16.3 Å². The monoisotopic (exact) mass is 317 g/mol. The summed E-state index contributed by atoms with van der Waals surface area (Å²) in [4.78, 5) is 0.319. The van der Waals surface area contributed by atoms with Gasteiger partial charge in [0.05, 0.1) is 18.1 Å². The molecule has 1 aliphatic heterocycles. The van der Waals surface area contributed by atoms with Crippen molar-refractivity contribution in [3.8, 4) is 0 Å². The number of halogens is 1. The highest BCUT2D eigenvalue weighted by molar-refractivity contribution is 7.89. The van der Waals surface area contributed by atoms with Gasteiger partial charge < -0.3 is 4.74 Å². The van der Waals surface area contributed by atoms with Gasteiger partial charge in [0.15, 0.2) is 0 Å². The SMILES string of the molecule is CCc1ccc(S(=O)(=O)N2CCOCC2C)cc1CCl. The Balaban J connectivity index is 2.38. The first-order valence-corrected chi connectivity index (χ1v) is 8.75. The van der Waals surface area contributed by atoms with Crippen LogP contribution < -0.4 is 0 Å². The van der Waals surface area contributed by atoms with E-state index in [1.54, 1.807) is 12.1 Å². The molecular weight excluding hydrogens is 298 g/mol. The lowest BCUT2D eigenvalue weighted by Crippen LogP contribution is -2.46. The number of sulfonamides is 1. The topological polar surface area (TPSA) is 46.6 Å². The Bertz CT molecular complexity index is 574. The summed E-state index contributed by atoms with van der Waals surface area (Å²) in [5.74, 6) is 0.325. The maximum Gasteiger partial charge on any atom is 0.243 e. The number of benzene rings is 1. The van der Waals surface area contributed by atoms with Crippen LogP contribution in [-0.2, 0) is 27.1 Å². The number of hydrogen-bond donors (Lipinski definition) is 0. The van der Waals surface area contributed by atoms with Gasteiger partial charge in [-0.1, -0.05) is 13.0 Å². The van der Waals surface area contributed by atoms with E-state index in [1.165, 1.54) is 4.31 Å². The van der Waals surface area contributed by atoms with Gasteiger partial charge in [-0.25, -0.2) is 8.42 Å². The second-order valence-electron chi connectivity index (χ2n) is 4.96. The van der Waals surface area contributed by atoms with E-state index < -0.39 is 10.0 Å². The third kappa shape index (κ3) is 3.01. The van der Waals surface area contributed by atoms with Crippen LogP contribution in [0.1, 0.15) is 25.0 Å². The van der Waals surface area contributed by atoms with Crippen molar-refractivity contribution >= 4 is 21.6 Å². The molecule has 0 amide bonds. The van der Waals surface area contributed by atoms with Gasteiger partial charge in [-0.3, -0.25) is 0 Å². The fourth-order valence-electron chi connectivity index (χ4n) is 2.44. The Kier molecular flexibility index (Phi) is 5.07. The van der Waals surface area contributed by atoms with E-state index in [1.807, 2.05) is 19.9 Å². The van der Waals surface area contributed by atoms with Crippen molar-refractivity contribution < 1.29 is 13.2 Å². The van der Waals surface area contributed by atoms with Crippen LogP contribution in [0.5, 0.6) is 0 Å². The average molecular weight is 318 g/mol. The molecule has 6 heteroatoms. The molecular formula is C14H20ClNO3S. The molecule has 20 heavy (non-hydrogen) atoms. The van der Waals surface area contributed by atoms with Crippen molar-refractivity contribution in [3.05, 3.63) is 29.3 Å². The molecule has 1 aliphatic rings. The van der Waals surface area contributed by atoms with E-state index in [-0.39, 0.29) is 6.04 Å². The molecule has 0 spiro atoms. The standard InChI is InChI=1S/C14H20ClNO3S/c1-3-12-4-5-14(8-13(12)9-15)20(17,18)16-6-7-19-10-11(16)2/h4-5,8,11H,3,6-7,9-10H2,1-2H3. The second-order valence-corrected chi connectivity index (χ2v) is 7.12. The Morgan fingerprint density at radius 2 is 2.15 bits per heavy atom. The van der Waals surface area contributed by atoms with Crippen molar-refractivity contribution in [1.82, 2.24) is 4.31 Å². The van der Waals surface area contributed by atoms with Crippen molar-refractivity contribution in [3.63, 3.8) is 0 Å². The van der Waals surface area contributed by atoms with E-state index in [0.29, 0.717) is 30.5 Å². The number of morpholine rings is 1. The first-order chi connectivity index (χ1) is 9.50. The quantitative estimate of drug-likeness (QED) is 0.801. The molecule has 1 unspecified atom stereocenters. The van der Waals surface area contributed by atoms with Crippen molar-refractivity contribution in [2.75, 3.05) is 19.8 Å². The number of rotatable bonds is 4. The minimum atomic E-state index is -3.47. The molecule has 0 aliphatic carbocycles. The molecule has 1 aromatic carbocycles. The lowest BCUT2D eigenvalue weighted by molar-refractivity contribution is 0.0393. The minimum Gasteiger partial charge on any atom is -0.378 e. The molecule has 4 nitrogen and oxygen atoms in total. The van der Waals surface area contributed by atoms with Gasteiger partial charge in [0.1, 0.15) is 0 Å². The van der Waals surface area contributed by atoms with E-state index >= 15 is 0 Å². The lowest BCUT2D eigenvalue weighted by Gasteiger charge is -2.32. The largest absolute Gasteiger partial charge is 0.378 e. The van der Waals surface area contributed by atoms with Crippen LogP contribution in [0, 0.1) is 0 Å². The van der Waals surface area contributed by atoms with Crippen LogP contribution in [0.15, 0.2) is 23.1 Å². The predicted molar refractivity (Wildman–Crippen MR) is 79.5 cm³/mol. The van der Waals surface area contributed by atoms with Crippen molar-refractivity contribution in [2.24, 2.45) is 0 Å². The van der Waals surface area contributed by atoms with Crippen LogP contribution in [0.2, 0.25) is 0 Å². The summed E-state index contributed by atoms with van der Waals surface area (Å²) in [5, 5.41) is 0. The Labute approximate surface area is 125 Å². The fourth-order valence-corrected chi connectivity index (χ4v) is 4.34. The number of ether oxygens (including phenoxy) is 1. The fraction of sp³-hybridized carbons (Fsp3) is 0.571. The maximum absolute atomic E-state index is 12.7. The molecule has 1 aromatic rings. The summed E-state index contributed by atoms with van der Waals surface area (Å²) in [6.45, 7) is 5.17. The molecule has 0 aromatic heterocycles.